The molecule has 1 aromatic carbocycles. The smallest absolute Gasteiger partial charge is 0.270 e. The molecule has 7 nitrogen and oxygen atoms in total. The molecule has 0 bridgehead atoms. The van der Waals surface area contributed by atoms with E-state index >= 15 is 0 Å². The molecular formula is C12H18ClN3O4S. The lowest BCUT2D eigenvalue weighted by Gasteiger charge is -2.19. The summed E-state index contributed by atoms with van der Waals surface area (Å²) in [4.78, 5) is 10.4. The molecule has 0 spiro atoms. The molecule has 1 atom stereocenters. The Balaban J connectivity index is 0.00000220. The summed E-state index contributed by atoms with van der Waals surface area (Å²) in [7, 11) is -3.64. The highest BCUT2D eigenvalue weighted by atomic mass is 35.5. The van der Waals surface area contributed by atoms with Crippen molar-refractivity contribution in [1.29, 1.82) is 0 Å². The number of nitrogens with two attached hydrogens (primary N) is 1. The minimum absolute atomic E-state index is 0. The van der Waals surface area contributed by atoms with Crippen molar-refractivity contribution >= 4 is 28.1 Å². The lowest BCUT2D eigenvalue weighted by molar-refractivity contribution is -0.385. The molecule has 0 amide bonds. The molecule has 0 saturated carbocycles. The van der Waals surface area contributed by atoms with Gasteiger partial charge in [0.1, 0.15) is 0 Å². The average Bonchev–Trinajstić information content (AvgIpc) is 2.75. The summed E-state index contributed by atoms with van der Waals surface area (Å²) in [6.45, 7) is 3.82. The number of nitrogens with zero attached hydrogens (tertiary/aromatic N) is 2. The van der Waals surface area contributed by atoms with Gasteiger partial charge >= 0.3 is 0 Å². The summed E-state index contributed by atoms with van der Waals surface area (Å²) >= 11 is 0. The zero-order chi connectivity index (χ0) is 15.1. The van der Waals surface area contributed by atoms with Crippen LogP contribution < -0.4 is 5.73 Å². The fourth-order valence-electron chi connectivity index (χ4n) is 2.54. The van der Waals surface area contributed by atoms with Crippen molar-refractivity contribution in [3.05, 3.63) is 33.4 Å². The van der Waals surface area contributed by atoms with Crippen molar-refractivity contribution in [3.8, 4) is 0 Å². The number of non-ortho nitro benzene ring substituents is 1. The fraction of sp³-hybridized carbons (Fsp3) is 0.500. The van der Waals surface area contributed by atoms with E-state index in [9.17, 15) is 18.5 Å². The average molecular weight is 336 g/mol. The third-order valence-electron chi connectivity index (χ3n) is 3.44. The predicted molar refractivity (Wildman–Crippen MR) is 81.2 cm³/mol. The molecule has 0 aliphatic carbocycles. The van der Waals surface area contributed by atoms with Crippen molar-refractivity contribution in [1.82, 2.24) is 4.31 Å². The molecule has 1 heterocycles. The van der Waals surface area contributed by atoms with Crippen LogP contribution in [0, 0.1) is 24.0 Å². The van der Waals surface area contributed by atoms with Crippen LogP contribution in [-0.4, -0.2) is 36.8 Å². The number of aryl methyl sites for hydroxylation is 2. The van der Waals surface area contributed by atoms with Gasteiger partial charge in [-0.2, -0.15) is 4.31 Å². The van der Waals surface area contributed by atoms with Gasteiger partial charge in [0, 0.05) is 31.3 Å². The molecule has 1 aliphatic rings. The summed E-state index contributed by atoms with van der Waals surface area (Å²) < 4.78 is 26.6. The summed E-state index contributed by atoms with van der Waals surface area (Å²) in [5.74, 6) is 0. The Morgan fingerprint density at radius 3 is 2.24 bits per heavy atom. The molecule has 9 heteroatoms. The number of hydrogen-bond donors (Lipinski definition) is 1. The normalized spacial score (nSPS) is 19.3. The Morgan fingerprint density at radius 2 is 1.86 bits per heavy atom. The van der Waals surface area contributed by atoms with Crippen LogP contribution in [0.15, 0.2) is 17.0 Å². The first-order valence-corrected chi connectivity index (χ1v) is 7.69. The molecule has 1 saturated heterocycles. The van der Waals surface area contributed by atoms with Gasteiger partial charge in [0.25, 0.3) is 5.69 Å². The SMILES string of the molecule is Cc1cc([N+](=O)[O-])cc(C)c1S(=O)(=O)N1CC[C@@H](N)C1.Cl. The molecule has 2 N–H and O–H groups in total. The van der Waals surface area contributed by atoms with Crippen LogP contribution in [0.4, 0.5) is 5.69 Å². The molecule has 0 radical (unpaired) electrons. The quantitative estimate of drug-likeness (QED) is 0.663. The van der Waals surface area contributed by atoms with Crippen LogP contribution in [0.2, 0.25) is 0 Å². The third-order valence-corrected chi connectivity index (χ3v) is 5.61. The van der Waals surface area contributed by atoms with Gasteiger partial charge < -0.3 is 5.73 Å². The zero-order valence-corrected chi connectivity index (χ0v) is 13.4. The number of rotatable bonds is 3. The van der Waals surface area contributed by atoms with Crippen molar-refractivity contribution < 1.29 is 13.3 Å². The number of nitro benzene ring substituents is 1. The molecule has 1 aliphatic heterocycles. The molecule has 118 valence electrons. The molecule has 1 fully saturated rings. The van der Waals surface area contributed by atoms with Crippen molar-refractivity contribution in [2.75, 3.05) is 13.1 Å². The Morgan fingerprint density at radius 1 is 1.33 bits per heavy atom. The summed E-state index contributed by atoms with van der Waals surface area (Å²) in [6, 6.07) is 2.43. The van der Waals surface area contributed by atoms with Gasteiger partial charge in [-0.3, -0.25) is 10.1 Å². The maximum atomic E-state index is 12.6. The minimum Gasteiger partial charge on any atom is -0.326 e. The van der Waals surface area contributed by atoms with Crippen LogP contribution in [0.3, 0.4) is 0 Å². The van der Waals surface area contributed by atoms with Gasteiger partial charge in [-0.05, 0) is 31.4 Å². The number of nitro groups is 1. The van der Waals surface area contributed by atoms with E-state index < -0.39 is 14.9 Å². The van der Waals surface area contributed by atoms with Crippen molar-refractivity contribution in [3.63, 3.8) is 0 Å². The first-order valence-electron chi connectivity index (χ1n) is 6.25. The summed E-state index contributed by atoms with van der Waals surface area (Å²) in [5, 5.41) is 10.8. The first kappa shape index (κ1) is 17.8. The fourth-order valence-corrected chi connectivity index (χ4v) is 4.46. The predicted octanol–water partition coefficient (Wildman–Crippen LogP) is 1.36. The maximum Gasteiger partial charge on any atom is 0.270 e. The topological polar surface area (TPSA) is 107 Å². The first-order chi connectivity index (χ1) is 9.23. The molecule has 2 rings (SSSR count). The summed E-state index contributed by atoms with van der Waals surface area (Å²) in [6.07, 6.45) is 0.629. The second-order valence-electron chi connectivity index (χ2n) is 5.08. The largest absolute Gasteiger partial charge is 0.326 e. The number of halogens is 1. The number of benzene rings is 1. The Bertz CT molecular complexity index is 639. The maximum absolute atomic E-state index is 12.6. The van der Waals surface area contributed by atoms with Crippen LogP contribution in [0.5, 0.6) is 0 Å². The molecule has 0 aromatic heterocycles. The van der Waals surface area contributed by atoms with E-state index in [2.05, 4.69) is 0 Å². The second kappa shape index (κ2) is 6.27. The lowest BCUT2D eigenvalue weighted by atomic mass is 10.1. The summed E-state index contributed by atoms with van der Waals surface area (Å²) in [5.41, 5.74) is 6.42. The van der Waals surface area contributed by atoms with E-state index in [-0.39, 0.29) is 35.6 Å². The second-order valence-corrected chi connectivity index (χ2v) is 6.95. The van der Waals surface area contributed by atoms with E-state index in [0.29, 0.717) is 24.1 Å². The highest BCUT2D eigenvalue weighted by Gasteiger charge is 2.33. The number of sulfonamides is 1. The van der Waals surface area contributed by atoms with Gasteiger partial charge in [-0.25, -0.2) is 8.42 Å². The van der Waals surface area contributed by atoms with Crippen molar-refractivity contribution in [2.45, 2.75) is 31.2 Å². The van der Waals surface area contributed by atoms with Gasteiger partial charge in [0.05, 0.1) is 9.82 Å². The standard InChI is InChI=1S/C12H17N3O4S.ClH/c1-8-5-11(15(16)17)6-9(2)12(8)20(18,19)14-4-3-10(13)7-14;/h5-6,10H,3-4,7,13H2,1-2H3;1H/t10-;/m1./s1. The Kier molecular flexibility index (Phi) is 5.32. The van der Waals surface area contributed by atoms with Crippen molar-refractivity contribution in [2.24, 2.45) is 5.73 Å². The van der Waals surface area contributed by atoms with Crippen LogP contribution in [0.1, 0.15) is 17.5 Å². The van der Waals surface area contributed by atoms with E-state index in [1.54, 1.807) is 13.8 Å². The van der Waals surface area contributed by atoms with E-state index in [4.69, 9.17) is 5.73 Å². The monoisotopic (exact) mass is 335 g/mol. The Hall–Kier alpha value is -1.22. The van der Waals surface area contributed by atoms with Gasteiger partial charge in [0.2, 0.25) is 10.0 Å². The van der Waals surface area contributed by atoms with Gasteiger partial charge in [0.15, 0.2) is 0 Å². The van der Waals surface area contributed by atoms with Gasteiger partial charge in [-0.15, -0.1) is 12.4 Å². The molecule has 0 unspecified atom stereocenters. The van der Waals surface area contributed by atoms with Gasteiger partial charge in [-0.1, -0.05) is 0 Å². The number of hydrogen-bond acceptors (Lipinski definition) is 5. The Labute approximate surface area is 129 Å². The zero-order valence-electron chi connectivity index (χ0n) is 11.8. The van der Waals surface area contributed by atoms with Crippen LogP contribution in [-0.2, 0) is 10.0 Å². The molecule has 21 heavy (non-hydrogen) atoms. The lowest BCUT2D eigenvalue weighted by Crippen LogP contribution is -2.32. The highest BCUT2D eigenvalue weighted by Crippen LogP contribution is 2.29. The highest BCUT2D eigenvalue weighted by molar-refractivity contribution is 7.89. The molecular weight excluding hydrogens is 318 g/mol. The third kappa shape index (κ3) is 3.34. The minimum atomic E-state index is -3.64. The van der Waals surface area contributed by atoms with E-state index in [1.165, 1.54) is 16.4 Å². The van der Waals surface area contributed by atoms with E-state index in [1.807, 2.05) is 0 Å². The van der Waals surface area contributed by atoms with Crippen LogP contribution >= 0.6 is 12.4 Å². The van der Waals surface area contributed by atoms with E-state index in [0.717, 1.165) is 0 Å². The van der Waals surface area contributed by atoms with Crippen LogP contribution in [0.25, 0.3) is 0 Å². The molecule has 1 aromatic rings.